The summed E-state index contributed by atoms with van der Waals surface area (Å²) in [6, 6.07) is 6.02. The van der Waals surface area contributed by atoms with E-state index < -0.39 is 0 Å². The lowest BCUT2D eigenvalue weighted by molar-refractivity contribution is 0.772. The minimum atomic E-state index is 0.672. The topological polar surface area (TPSA) is 52.6 Å². The normalized spacial score (nSPS) is 11.2. The molecular weight excluding hydrogens is 226 g/mol. The molecular formula is C13H23N5. The molecule has 0 fully saturated rings. The molecule has 0 radical (unpaired) electrons. The van der Waals surface area contributed by atoms with Crippen molar-refractivity contribution >= 4 is 11.8 Å². The Hall–Kier alpha value is -1.78. The molecule has 0 spiro atoms. The SMILES string of the molecule is CCCNC(=NC)NCc1cccc(N(C)C)n1. The number of nitrogens with zero attached hydrogens (tertiary/aromatic N) is 3. The van der Waals surface area contributed by atoms with Crippen LogP contribution in [-0.2, 0) is 6.54 Å². The first-order valence-corrected chi connectivity index (χ1v) is 6.25. The molecule has 0 bridgehead atoms. The maximum absolute atomic E-state index is 4.54. The van der Waals surface area contributed by atoms with E-state index in [-0.39, 0.29) is 0 Å². The third-order valence-electron chi connectivity index (χ3n) is 2.45. The van der Waals surface area contributed by atoms with E-state index in [1.165, 1.54) is 0 Å². The molecule has 1 aromatic heterocycles. The van der Waals surface area contributed by atoms with Crippen LogP contribution in [-0.4, -0.2) is 38.6 Å². The molecule has 0 saturated carbocycles. The quantitative estimate of drug-likeness (QED) is 0.608. The number of guanidine groups is 1. The van der Waals surface area contributed by atoms with Gasteiger partial charge in [0.2, 0.25) is 0 Å². The summed E-state index contributed by atoms with van der Waals surface area (Å²) in [5, 5.41) is 6.47. The molecule has 0 aliphatic rings. The molecule has 1 heterocycles. The summed E-state index contributed by atoms with van der Waals surface area (Å²) in [4.78, 5) is 10.7. The number of rotatable bonds is 5. The highest BCUT2D eigenvalue weighted by Crippen LogP contribution is 2.07. The van der Waals surface area contributed by atoms with Crippen molar-refractivity contribution in [2.45, 2.75) is 19.9 Å². The number of pyridine rings is 1. The zero-order valence-corrected chi connectivity index (χ0v) is 11.7. The number of nitrogens with one attached hydrogen (secondary N) is 2. The zero-order chi connectivity index (χ0) is 13.4. The van der Waals surface area contributed by atoms with Crippen LogP contribution in [0.25, 0.3) is 0 Å². The first kappa shape index (κ1) is 14.3. The Kier molecular flexibility index (Phi) is 5.97. The second-order valence-electron chi connectivity index (χ2n) is 4.23. The van der Waals surface area contributed by atoms with Gasteiger partial charge in [-0.15, -0.1) is 0 Å². The summed E-state index contributed by atoms with van der Waals surface area (Å²) in [5.41, 5.74) is 1.00. The molecule has 1 aromatic rings. The summed E-state index contributed by atoms with van der Waals surface area (Å²) in [6.07, 6.45) is 1.08. The lowest BCUT2D eigenvalue weighted by atomic mass is 10.3. The molecule has 0 aromatic carbocycles. The van der Waals surface area contributed by atoms with Crippen molar-refractivity contribution in [3.63, 3.8) is 0 Å². The number of hydrogen-bond acceptors (Lipinski definition) is 3. The van der Waals surface area contributed by atoms with Gasteiger partial charge in [0.05, 0.1) is 12.2 Å². The van der Waals surface area contributed by atoms with Crippen LogP contribution in [0.3, 0.4) is 0 Å². The van der Waals surface area contributed by atoms with Gasteiger partial charge in [0.15, 0.2) is 5.96 Å². The Morgan fingerprint density at radius 1 is 1.33 bits per heavy atom. The molecule has 5 nitrogen and oxygen atoms in total. The highest BCUT2D eigenvalue weighted by atomic mass is 15.2. The highest BCUT2D eigenvalue weighted by Gasteiger charge is 2.01. The summed E-state index contributed by atoms with van der Waals surface area (Å²) >= 11 is 0. The molecule has 0 saturated heterocycles. The van der Waals surface area contributed by atoms with Crippen LogP contribution in [0, 0.1) is 0 Å². The number of hydrogen-bond donors (Lipinski definition) is 2. The largest absolute Gasteiger partial charge is 0.363 e. The first-order chi connectivity index (χ1) is 8.67. The molecule has 0 amide bonds. The summed E-state index contributed by atoms with van der Waals surface area (Å²) in [6.45, 7) is 3.72. The zero-order valence-electron chi connectivity index (χ0n) is 11.7. The Morgan fingerprint density at radius 3 is 2.72 bits per heavy atom. The van der Waals surface area contributed by atoms with Gasteiger partial charge in [-0.25, -0.2) is 4.98 Å². The van der Waals surface area contributed by atoms with E-state index in [1.807, 2.05) is 37.2 Å². The third-order valence-corrected chi connectivity index (χ3v) is 2.45. The van der Waals surface area contributed by atoms with Crippen molar-refractivity contribution in [1.82, 2.24) is 15.6 Å². The average Bonchev–Trinajstić information content (AvgIpc) is 2.39. The third kappa shape index (κ3) is 4.61. The van der Waals surface area contributed by atoms with E-state index in [2.05, 4.69) is 27.5 Å². The van der Waals surface area contributed by atoms with Crippen molar-refractivity contribution in [2.75, 3.05) is 32.6 Å². The fourth-order valence-electron chi connectivity index (χ4n) is 1.45. The summed E-state index contributed by atoms with van der Waals surface area (Å²) in [5.74, 6) is 1.78. The van der Waals surface area contributed by atoms with E-state index in [0.29, 0.717) is 6.54 Å². The van der Waals surface area contributed by atoms with Crippen molar-refractivity contribution in [2.24, 2.45) is 4.99 Å². The highest BCUT2D eigenvalue weighted by molar-refractivity contribution is 5.79. The smallest absolute Gasteiger partial charge is 0.191 e. The maximum Gasteiger partial charge on any atom is 0.191 e. The monoisotopic (exact) mass is 249 g/mol. The molecule has 18 heavy (non-hydrogen) atoms. The van der Waals surface area contributed by atoms with Gasteiger partial charge >= 0.3 is 0 Å². The first-order valence-electron chi connectivity index (χ1n) is 6.25. The minimum absolute atomic E-state index is 0.672. The predicted octanol–water partition coefficient (Wildman–Crippen LogP) is 1.22. The van der Waals surface area contributed by atoms with Crippen molar-refractivity contribution in [3.8, 4) is 0 Å². The Balaban J connectivity index is 2.54. The maximum atomic E-state index is 4.54. The fraction of sp³-hybridized carbons (Fsp3) is 0.538. The molecule has 100 valence electrons. The molecule has 2 N–H and O–H groups in total. The van der Waals surface area contributed by atoms with Gasteiger partial charge in [0, 0.05) is 27.7 Å². The fourth-order valence-corrected chi connectivity index (χ4v) is 1.45. The minimum Gasteiger partial charge on any atom is -0.363 e. The second kappa shape index (κ2) is 7.53. The van der Waals surface area contributed by atoms with Crippen molar-refractivity contribution in [3.05, 3.63) is 23.9 Å². The Bertz CT molecular complexity index is 387. The van der Waals surface area contributed by atoms with E-state index in [4.69, 9.17) is 0 Å². The van der Waals surface area contributed by atoms with Gasteiger partial charge in [-0.2, -0.15) is 0 Å². The molecule has 0 aliphatic heterocycles. The number of aliphatic imine (C=N–C) groups is 1. The van der Waals surface area contributed by atoms with Crippen molar-refractivity contribution < 1.29 is 0 Å². The van der Waals surface area contributed by atoms with Gasteiger partial charge in [-0.1, -0.05) is 13.0 Å². The Morgan fingerprint density at radius 2 is 2.11 bits per heavy atom. The number of aromatic nitrogens is 1. The van der Waals surface area contributed by atoms with Gasteiger partial charge < -0.3 is 15.5 Å². The van der Waals surface area contributed by atoms with Crippen LogP contribution in [0.5, 0.6) is 0 Å². The van der Waals surface area contributed by atoms with Gasteiger partial charge in [-0.05, 0) is 18.6 Å². The molecule has 0 atom stereocenters. The van der Waals surface area contributed by atoms with E-state index in [0.717, 1.165) is 30.4 Å². The standard InChI is InChI=1S/C13H23N5/c1-5-9-15-13(14-2)16-10-11-7-6-8-12(17-11)18(3)4/h6-8H,5,9-10H2,1-4H3,(H2,14,15,16). The molecule has 1 rings (SSSR count). The van der Waals surface area contributed by atoms with E-state index >= 15 is 0 Å². The predicted molar refractivity (Wildman–Crippen MR) is 77.1 cm³/mol. The van der Waals surface area contributed by atoms with Crippen LogP contribution in [0.4, 0.5) is 5.82 Å². The van der Waals surface area contributed by atoms with Crippen LogP contribution >= 0.6 is 0 Å². The van der Waals surface area contributed by atoms with Crippen LogP contribution < -0.4 is 15.5 Å². The number of anilines is 1. The Labute approximate surface area is 109 Å². The van der Waals surface area contributed by atoms with E-state index in [1.54, 1.807) is 7.05 Å². The van der Waals surface area contributed by atoms with Gasteiger partial charge in [0.25, 0.3) is 0 Å². The van der Waals surface area contributed by atoms with E-state index in [9.17, 15) is 0 Å². The van der Waals surface area contributed by atoms with Gasteiger partial charge in [-0.3, -0.25) is 4.99 Å². The van der Waals surface area contributed by atoms with Crippen LogP contribution in [0.1, 0.15) is 19.0 Å². The molecule has 5 heteroatoms. The van der Waals surface area contributed by atoms with Gasteiger partial charge in [0.1, 0.15) is 5.82 Å². The lowest BCUT2D eigenvalue weighted by Gasteiger charge is -2.14. The lowest BCUT2D eigenvalue weighted by Crippen LogP contribution is -2.37. The van der Waals surface area contributed by atoms with Crippen molar-refractivity contribution in [1.29, 1.82) is 0 Å². The molecule has 0 aliphatic carbocycles. The molecule has 0 unspecified atom stereocenters. The summed E-state index contributed by atoms with van der Waals surface area (Å²) in [7, 11) is 5.75. The van der Waals surface area contributed by atoms with Crippen LogP contribution in [0.2, 0.25) is 0 Å². The van der Waals surface area contributed by atoms with Crippen LogP contribution in [0.15, 0.2) is 23.2 Å². The summed E-state index contributed by atoms with van der Waals surface area (Å²) < 4.78 is 0. The average molecular weight is 249 g/mol. The second-order valence-corrected chi connectivity index (χ2v) is 4.23.